The topological polar surface area (TPSA) is 59.3 Å². The van der Waals surface area contributed by atoms with Gasteiger partial charge in [-0.15, -0.1) is 11.3 Å². The molecule has 1 unspecified atom stereocenters. The molecule has 4 nitrogen and oxygen atoms in total. The summed E-state index contributed by atoms with van der Waals surface area (Å²) < 4.78 is 11.0. The van der Waals surface area contributed by atoms with Crippen LogP contribution in [-0.2, 0) is 0 Å². The molecule has 3 rings (SSSR count). The average Bonchev–Trinajstić information content (AvgIpc) is 2.94. The number of thiophene rings is 1. The fourth-order valence-electron chi connectivity index (χ4n) is 2.28. The van der Waals surface area contributed by atoms with E-state index in [-0.39, 0.29) is 5.78 Å². The van der Waals surface area contributed by atoms with Gasteiger partial charge in [0.05, 0.1) is 10.9 Å². The van der Waals surface area contributed by atoms with E-state index in [1.54, 1.807) is 18.2 Å². The normalized spacial score (nSPS) is 14.3. The van der Waals surface area contributed by atoms with Gasteiger partial charge in [-0.1, -0.05) is 6.07 Å². The average molecular weight is 299 g/mol. The van der Waals surface area contributed by atoms with Gasteiger partial charge in [-0.25, -0.2) is 0 Å². The summed E-state index contributed by atoms with van der Waals surface area (Å²) in [6, 6.07) is 9.22. The fourth-order valence-corrected chi connectivity index (χ4v) is 3.18. The first-order valence-corrected chi connectivity index (χ1v) is 7.46. The van der Waals surface area contributed by atoms with Gasteiger partial charge in [0, 0.05) is 0 Å². The van der Waals surface area contributed by atoms with E-state index in [9.17, 15) is 10.1 Å². The molecule has 0 spiro atoms. The highest BCUT2D eigenvalue weighted by Crippen LogP contribution is 2.34. The van der Waals surface area contributed by atoms with Crippen LogP contribution in [0.15, 0.2) is 29.6 Å². The molecule has 2 heterocycles. The van der Waals surface area contributed by atoms with E-state index in [4.69, 9.17) is 9.47 Å². The van der Waals surface area contributed by atoms with E-state index < -0.39 is 5.92 Å². The van der Waals surface area contributed by atoms with Crippen LogP contribution in [0.5, 0.6) is 11.5 Å². The van der Waals surface area contributed by atoms with Gasteiger partial charge in [-0.3, -0.25) is 4.79 Å². The first-order chi connectivity index (χ1) is 10.2. The highest BCUT2D eigenvalue weighted by Gasteiger charge is 2.25. The lowest BCUT2D eigenvalue weighted by Crippen LogP contribution is -2.16. The summed E-state index contributed by atoms with van der Waals surface area (Å²) in [5.41, 5.74) is 1.54. The van der Waals surface area contributed by atoms with E-state index in [0.29, 0.717) is 35.2 Å². The quantitative estimate of drug-likeness (QED) is 0.816. The molecule has 5 heteroatoms. The van der Waals surface area contributed by atoms with Crippen molar-refractivity contribution in [3.63, 3.8) is 0 Å². The zero-order valence-electron chi connectivity index (χ0n) is 11.5. The molecule has 1 aliphatic rings. The van der Waals surface area contributed by atoms with Gasteiger partial charge in [-0.2, -0.15) is 5.26 Å². The van der Waals surface area contributed by atoms with Crippen molar-refractivity contribution < 1.29 is 14.3 Å². The molecule has 1 aliphatic heterocycles. The van der Waals surface area contributed by atoms with Gasteiger partial charge >= 0.3 is 0 Å². The van der Waals surface area contributed by atoms with Gasteiger partial charge in [-0.05, 0) is 41.6 Å². The monoisotopic (exact) mass is 299 g/mol. The summed E-state index contributed by atoms with van der Waals surface area (Å²) in [7, 11) is 0. The Balaban J connectivity index is 1.95. The Labute approximate surface area is 126 Å². The van der Waals surface area contributed by atoms with Gasteiger partial charge in [0.15, 0.2) is 17.3 Å². The van der Waals surface area contributed by atoms with Gasteiger partial charge in [0.25, 0.3) is 0 Å². The van der Waals surface area contributed by atoms with E-state index in [1.165, 1.54) is 11.3 Å². The number of hydrogen-bond acceptors (Lipinski definition) is 5. The van der Waals surface area contributed by atoms with Crippen molar-refractivity contribution in [3.8, 4) is 17.6 Å². The number of hydrogen-bond donors (Lipinski definition) is 0. The number of carbonyl (C=O) groups is 1. The highest BCUT2D eigenvalue weighted by atomic mass is 32.1. The minimum absolute atomic E-state index is 0.165. The van der Waals surface area contributed by atoms with Crippen molar-refractivity contribution in [1.29, 1.82) is 5.26 Å². The lowest BCUT2D eigenvalue weighted by molar-refractivity contribution is 0.0982. The molecule has 0 saturated heterocycles. The second-order valence-electron chi connectivity index (χ2n) is 4.76. The van der Waals surface area contributed by atoms with Crippen molar-refractivity contribution in [2.75, 3.05) is 13.2 Å². The highest BCUT2D eigenvalue weighted by molar-refractivity contribution is 7.12. The molecule has 2 aromatic rings. The van der Waals surface area contributed by atoms with Crippen LogP contribution in [0.1, 0.15) is 26.7 Å². The van der Waals surface area contributed by atoms with Crippen molar-refractivity contribution in [2.45, 2.75) is 12.8 Å². The molecule has 106 valence electrons. The molecule has 1 aromatic heterocycles. The first kappa shape index (κ1) is 13.7. The van der Waals surface area contributed by atoms with Gasteiger partial charge in [0.2, 0.25) is 0 Å². The maximum absolute atomic E-state index is 12.5. The maximum Gasteiger partial charge on any atom is 0.194 e. The van der Waals surface area contributed by atoms with Crippen molar-refractivity contribution >= 4 is 17.1 Å². The van der Waals surface area contributed by atoms with E-state index in [1.807, 2.05) is 18.4 Å². The largest absolute Gasteiger partial charge is 0.486 e. The Hall–Kier alpha value is -2.32. The zero-order chi connectivity index (χ0) is 14.8. The molecule has 0 aliphatic carbocycles. The number of Topliss-reactive ketones (excluding diaryl/α,β-unsaturated/α-hetero) is 1. The molecule has 0 saturated carbocycles. The minimum Gasteiger partial charge on any atom is -0.486 e. The molecule has 0 bridgehead atoms. The molecular formula is C16H13NO3S. The Kier molecular flexibility index (Phi) is 3.63. The summed E-state index contributed by atoms with van der Waals surface area (Å²) in [6.07, 6.45) is 0. The number of ether oxygens (including phenoxy) is 2. The summed E-state index contributed by atoms with van der Waals surface area (Å²) in [5.74, 6) is 0.260. The van der Waals surface area contributed by atoms with Crippen molar-refractivity contribution in [2.24, 2.45) is 0 Å². The Morgan fingerprint density at radius 1 is 1.29 bits per heavy atom. The predicted octanol–water partition coefficient (Wildman–Crippen LogP) is 3.32. The third-order valence-electron chi connectivity index (χ3n) is 3.38. The number of nitrogens with zero attached hydrogens (tertiary/aromatic N) is 1. The Bertz CT molecular complexity index is 729. The number of carbonyl (C=O) groups excluding carboxylic acids is 1. The van der Waals surface area contributed by atoms with Crippen LogP contribution >= 0.6 is 11.3 Å². The molecule has 0 fully saturated rings. The molecule has 0 amide bonds. The zero-order valence-corrected chi connectivity index (χ0v) is 12.3. The number of ketones is 1. The molecule has 21 heavy (non-hydrogen) atoms. The van der Waals surface area contributed by atoms with Crippen LogP contribution in [0.25, 0.3) is 0 Å². The van der Waals surface area contributed by atoms with E-state index in [0.717, 1.165) is 5.56 Å². The van der Waals surface area contributed by atoms with E-state index >= 15 is 0 Å². The second kappa shape index (κ2) is 5.58. The fraction of sp³-hybridized carbons (Fsp3) is 0.250. The number of benzene rings is 1. The van der Waals surface area contributed by atoms with Crippen LogP contribution in [0.2, 0.25) is 0 Å². The summed E-state index contributed by atoms with van der Waals surface area (Å²) in [6.45, 7) is 2.87. The lowest BCUT2D eigenvalue weighted by atomic mass is 9.94. The Morgan fingerprint density at radius 3 is 2.71 bits per heavy atom. The molecule has 0 N–H and O–H groups in total. The second-order valence-corrected chi connectivity index (χ2v) is 5.68. The minimum atomic E-state index is -0.821. The van der Waals surface area contributed by atoms with Gasteiger partial charge in [0.1, 0.15) is 19.1 Å². The Morgan fingerprint density at radius 2 is 2.05 bits per heavy atom. The lowest BCUT2D eigenvalue weighted by Gasteiger charge is -2.19. The SMILES string of the molecule is Cc1ccsc1C(=O)C(C#N)c1ccc2c(c1)OCCO2. The number of aryl methyl sites for hydroxylation is 1. The smallest absolute Gasteiger partial charge is 0.194 e. The number of nitriles is 1. The third kappa shape index (κ3) is 2.50. The maximum atomic E-state index is 12.5. The third-order valence-corrected chi connectivity index (χ3v) is 4.41. The summed E-state index contributed by atoms with van der Waals surface area (Å²) >= 11 is 1.37. The van der Waals surface area contributed by atoms with E-state index in [2.05, 4.69) is 6.07 Å². The van der Waals surface area contributed by atoms with Gasteiger partial charge < -0.3 is 9.47 Å². The summed E-state index contributed by atoms with van der Waals surface area (Å²) in [5, 5.41) is 11.3. The van der Waals surface area contributed by atoms with Crippen molar-refractivity contribution in [1.82, 2.24) is 0 Å². The standard InChI is InChI=1S/C16H13NO3S/c1-10-4-7-21-16(10)15(18)12(9-17)11-2-3-13-14(8-11)20-6-5-19-13/h2-4,7-8,12H,5-6H2,1H3. The molecule has 1 aromatic carbocycles. The summed E-state index contributed by atoms with van der Waals surface area (Å²) in [4.78, 5) is 13.2. The number of fused-ring (bicyclic) bond motifs is 1. The predicted molar refractivity (Wildman–Crippen MR) is 79.2 cm³/mol. The van der Waals surface area contributed by atoms with Crippen LogP contribution in [0.4, 0.5) is 0 Å². The molecule has 0 radical (unpaired) electrons. The van der Waals surface area contributed by atoms with Crippen LogP contribution < -0.4 is 9.47 Å². The molecular weight excluding hydrogens is 286 g/mol. The van der Waals surface area contributed by atoms with Crippen LogP contribution in [-0.4, -0.2) is 19.0 Å². The number of rotatable bonds is 3. The van der Waals surface area contributed by atoms with Crippen LogP contribution in [0.3, 0.4) is 0 Å². The van der Waals surface area contributed by atoms with Crippen LogP contribution in [0, 0.1) is 18.3 Å². The first-order valence-electron chi connectivity index (χ1n) is 6.58. The van der Waals surface area contributed by atoms with Crippen molar-refractivity contribution in [3.05, 3.63) is 45.6 Å². The molecule has 1 atom stereocenters.